The number of carbonyl (C=O) groups is 1. The smallest absolute Gasteiger partial charge is 0.311 e. The van der Waals surface area contributed by atoms with E-state index in [1.165, 1.54) is 6.42 Å². The van der Waals surface area contributed by atoms with E-state index in [0.717, 1.165) is 19.3 Å². The number of esters is 1. The molecule has 0 amide bonds. The highest BCUT2D eigenvalue weighted by Gasteiger charge is 2.50. The maximum Gasteiger partial charge on any atom is 0.311 e. The molecule has 0 aromatic carbocycles. The van der Waals surface area contributed by atoms with E-state index >= 15 is 0 Å². The average Bonchev–Trinajstić information content (AvgIpc) is 2.75. The maximum absolute atomic E-state index is 12.1. The predicted molar refractivity (Wildman–Crippen MR) is 67.3 cm³/mol. The van der Waals surface area contributed by atoms with Gasteiger partial charge < -0.3 is 10.5 Å². The van der Waals surface area contributed by atoms with Crippen molar-refractivity contribution < 1.29 is 9.53 Å². The Morgan fingerprint density at radius 1 is 1.29 bits per heavy atom. The van der Waals surface area contributed by atoms with Crippen molar-refractivity contribution in [2.45, 2.75) is 58.6 Å². The fourth-order valence-electron chi connectivity index (χ4n) is 3.67. The zero-order valence-corrected chi connectivity index (χ0v) is 11.2. The Kier molecular flexibility index (Phi) is 3.76. The maximum atomic E-state index is 12.1. The first-order valence-corrected chi connectivity index (χ1v) is 6.95. The molecule has 2 aliphatic carbocycles. The van der Waals surface area contributed by atoms with E-state index in [1.807, 2.05) is 6.92 Å². The zero-order valence-electron chi connectivity index (χ0n) is 11.2. The Morgan fingerprint density at radius 3 is 2.47 bits per heavy atom. The molecule has 2 N–H and O–H groups in total. The van der Waals surface area contributed by atoms with E-state index < -0.39 is 0 Å². The fourth-order valence-corrected chi connectivity index (χ4v) is 3.67. The molecule has 5 unspecified atom stereocenters. The molecule has 0 aliphatic heterocycles. The molecule has 5 atom stereocenters. The molecule has 0 heterocycles. The molecule has 0 radical (unpaired) electrons. The number of hydrogen-bond acceptors (Lipinski definition) is 3. The number of ether oxygens (including phenoxy) is 1. The number of nitrogens with two attached hydrogens (primary N) is 1. The van der Waals surface area contributed by atoms with Crippen molar-refractivity contribution in [3.8, 4) is 0 Å². The van der Waals surface area contributed by atoms with Gasteiger partial charge in [-0.3, -0.25) is 4.79 Å². The van der Waals surface area contributed by atoms with Crippen LogP contribution in [0.5, 0.6) is 0 Å². The molecule has 3 nitrogen and oxygen atoms in total. The highest BCUT2D eigenvalue weighted by molar-refractivity contribution is 5.74. The summed E-state index contributed by atoms with van der Waals surface area (Å²) in [5, 5.41) is 0. The van der Waals surface area contributed by atoms with Crippen LogP contribution in [0, 0.1) is 23.7 Å². The number of carbonyl (C=O) groups excluding carboxylic acids is 1. The fraction of sp³-hybridized carbons (Fsp3) is 0.929. The first-order valence-electron chi connectivity index (χ1n) is 6.95. The minimum absolute atomic E-state index is 0.0221. The predicted octanol–water partition coefficient (Wildman–Crippen LogP) is 2.34. The minimum Gasteiger partial charge on any atom is -0.462 e. The first kappa shape index (κ1) is 12.9. The normalized spacial score (nSPS) is 37.5. The van der Waals surface area contributed by atoms with Gasteiger partial charge in [0.25, 0.3) is 0 Å². The third-order valence-electron chi connectivity index (χ3n) is 4.37. The monoisotopic (exact) mass is 239 g/mol. The first-order chi connectivity index (χ1) is 7.99. The molecule has 0 aromatic heterocycles. The lowest BCUT2D eigenvalue weighted by atomic mass is 9.85. The molecule has 98 valence electrons. The van der Waals surface area contributed by atoms with Gasteiger partial charge in [0.1, 0.15) is 0 Å². The quantitative estimate of drug-likeness (QED) is 0.766. The lowest BCUT2D eigenvalue weighted by molar-refractivity contribution is -0.156. The second-order valence-corrected chi connectivity index (χ2v) is 6.31. The van der Waals surface area contributed by atoms with Gasteiger partial charge in [-0.2, -0.15) is 0 Å². The lowest BCUT2D eigenvalue weighted by Gasteiger charge is -2.27. The summed E-state index contributed by atoms with van der Waals surface area (Å²) in [6.45, 7) is 6.28. The van der Waals surface area contributed by atoms with E-state index in [0.29, 0.717) is 17.8 Å². The molecule has 17 heavy (non-hydrogen) atoms. The molecule has 2 rings (SSSR count). The summed E-state index contributed by atoms with van der Waals surface area (Å²) in [4.78, 5) is 12.1. The van der Waals surface area contributed by atoms with Crippen LogP contribution in [-0.2, 0) is 9.53 Å². The molecular formula is C14H25NO2. The largest absolute Gasteiger partial charge is 0.462 e. The van der Waals surface area contributed by atoms with Crippen molar-refractivity contribution in [2.24, 2.45) is 29.4 Å². The second-order valence-electron chi connectivity index (χ2n) is 6.31. The van der Waals surface area contributed by atoms with E-state index in [4.69, 9.17) is 10.5 Å². The van der Waals surface area contributed by atoms with Gasteiger partial charge in [0.15, 0.2) is 0 Å². The number of hydrogen-bond donors (Lipinski definition) is 1. The van der Waals surface area contributed by atoms with Gasteiger partial charge in [-0.15, -0.1) is 0 Å². The lowest BCUT2D eigenvalue weighted by Crippen LogP contribution is -2.41. The highest BCUT2D eigenvalue weighted by atomic mass is 16.5. The summed E-state index contributed by atoms with van der Waals surface area (Å²) in [6.07, 6.45) is 4.46. The summed E-state index contributed by atoms with van der Waals surface area (Å²) in [5.41, 5.74) is 6.14. The van der Waals surface area contributed by atoms with Crippen molar-refractivity contribution in [3.05, 3.63) is 0 Å². The average molecular weight is 239 g/mol. The van der Waals surface area contributed by atoms with E-state index in [2.05, 4.69) is 13.8 Å². The van der Waals surface area contributed by atoms with Crippen molar-refractivity contribution in [1.82, 2.24) is 0 Å². The van der Waals surface area contributed by atoms with Crippen LogP contribution in [-0.4, -0.2) is 18.1 Å². The Labute approximate surface area is 104 Å². The molecular weight excluding hydrogens is 214 g/mol. The molecule has 2 fully saturated rings. The summed E-state index contributed by atoms with van der Waals surface area (Å²) in [7, 11) is 0. The van der Waals surface area contributed by atoms with Crippen LogP contribution in [0.3, 0.4) is 0 Å². The summed E-state index contributed by atoms with van der Waals surface area (Å²) in [6, 6.07) is 0.0486. The van der Waals surface area contributed by atoms with Crippen molar-refractivity contribution in [2.75, 3.05) is 0 Å². The number of rotatable bonds is 4. The highest BCUT2D eigenvalue weighted by Crippen LogP contribution is 2.48. The third kappa shape index (κ3) is 2.65. The van der Waals surface area contributed by atoms with Crippen LogP contribution < -0.4 is 5.73 Å². The standard InChI is InChI=1S/C14H25NO2/c1-8(2)6-9(3)17-14(16)12-10-4-5-11(7-10)13(12)15/h8-13H,4-7,15H2,1-3H3. The van der Waals surface area contributed by atoms with Crippen molar-refractivity contribution >= 4 is 5.97 Å². The van der Waals surface area contributed by atoms with E-state index in [1.54, 1.807) is 0 Å². The molecule has 0 spiro atoms. The molecule has 0 saturated heterocycles. The van der Waals surface area contributed by atoms with Crippen LogP contribution in [0.1, 0.15) is 46.5 Å². The van der Waals surface area contributed by atoms with Crippen LogP contribution in [0.2, 0.25) is 0 Å². The van der Waals surface area contributed by atoms with Gasteiger partial charge in [-0.25, -0.2) is 0 Å². The molecule has 2 aliphatic rings. The van der Waals surface area contributed by atoms with Crippen LogP contribution in [0.4, 0.5) is 0 Å². The Hall–Kier alpha value is -0.570. The molecule has 3 heteroatoms. The van der Waals surface area contributed by atoms with Gasteiger partial charge in [0, 0.05) is 6.04 Å². The molecule has 0 aromatic rings. The zero-order chi connectivity index (χ0) is 12.6. The Bertz CT molecular complexity index is 288. The van der Waals surface area contributed by atoms with Gasteiger partial charge in [0.2, 0.25) is 0 Å². The summed E-state index contributed by atoms with van der Waals surface area (Å²) >= 11 is 0. The molecule has 2 bridgehead atoms. The Morgan fingerprint density at radius 2 is 1.94 bits per heavy atom. The topological polar surface area (TPSA) is 52.3 Å². The van der Waals surface area contributed by atoms with Gasteiger partial charge in [0.05, 0.1) is 12.0 Å². The van der Waals surface area contributed by atoms with Crippen LogP contribution in [0.15, 0.2) is 0 Å². The third-order valence-corrected chi connectivity index (χ3v) is 4.37. The van der Waals surface area contributed by atoms with Gasteiger partial charge in [-0.1, -0.05) is 13.8 Å². The SMILES string of the molecule is CC(C)CC(C)OC(=O)C1C2CCC(C2)C1N. The van der Waals surface area contributed by atoms with Gasteiger partial charge in [-0.05, 0) is 50.4 Å². The van der Waals surface area contributed by atoms with Gasteiger partial charge >= 0.3 is 5.97 Å². The second kappa shape index (κ2) is 4.97. The molecule has 2 saturated carbocycles. The summed E-state index contributed by atoms with van der Waals surface area (Å²) in [5.74, 6) is 1.56. The van der Waals surface area contributed by atoms with Crippen molar-refractivity contribution in [1.29, 1.82) is 0 Å². The van der Waals surface area contributed by atoms with Crippen molar-refractivity contribution in [3.63, 3.8) is 0 Å². The van der Waals surface area contributed by atoms with E-state index in [-0.39, 0.29) is 24.0 Å². The van der Waals surface area contributed by atoms with E-state index in [9.17, 15) is 4.79 Å². The van der Waals surface area contributed by atoms with Crippen LogP contribution >= 0.6 is 0 Å². The van der Waals surface area contributed by atoms with Crippen LogP contribution in [0.25, 0.3) is 0 Å². The minimum atomic E-state index is -0.0437. The summed E-state index contributed by atoms with van der Waals surface area (Å²) < 4.78 is 5.55. The number of fused-ring (bicyclic) bond motifs is 2. The Balaban J connectivity index is 1.88.